The number of carbonyl (C=O) groups is 1. The lowest BCUT2D eigenvalue weighted by molar-refractivity contribution is -0.115. The molecule has 114 valence electrons. The van der Waals surface area contributed by atoms with Crippen LogP contribution in [0, 0.1) is 0 Å². The first-order valence-electron chi connectivity index (χ1n) is 6.99. The number of hydrogen-bond acceptors (Lipinski definition) is 4. The number of alkyl halides is 1. The van der Waals surface area contributed by atoms with E-state index in [2.05, 4.69) is 15.4 Å². The summed E-state index contributed by atoms with van der Waals surface area (Å²) in [5, 5.41) is 13.7. The van der Waals surface area contributed by atoms with Crippen molar-refractivity contribution in [2.75, 3.05) is 13.1 Å². The summed E-state index contributed by atoms with van der Waals surface area (Å²) in [5.41, 5.74) is 3.13. The van der Waals surface area contributed by atoms with Gasteiger partial charge in [0.1, 0.15) is 12.9 Å². The molecule has 1 aromatic rings. The highest BCUT2D eigenvalue weighted by atomic mass is 19.1. The van der Waals surface area contributed by atoms with Crippen molar-refractivity contribution in [3.8, 4) is 0 Å². The van der Waals surface area contributed by atoms with Gasteiger partial charge >= 0.3 is 0 Å². The normalized spacial score (nSPS) is 16.7. The van der Waals surface area contributed by atoms with Crippen LogP contribution in [-0.4, -0.2) is 41.4 Å². The first-order chi connectivity index (χ1) is 10.1. The van der Waals surface area contributed by atoms with E-state index < -0.39 is 12.6 Å². The average Bonchev–Trinajstić information content (AvgIpc) is 2.46. The maximum Gasteiger partial charge on any atom is 0.266 e. The summed E-state index contributed by atoms with van der Waals surface area (Å²) in [7, 11) is 0. The van der Waals surface area contributed by atoms with Crippen molar-refractivity contribution in [1.82, 2.24) is 10.2 Å². The molecule has 0 fully saturated rings. The highest BCUT2D eigenvalue weighted by molar-refractivity contribution is 6.26. The average molecular weight is 293 g/mol. The van der Waals surface area contributed by atoms with Gasteiger partial charge in [0, 0.05) is 25.7 Å². The second kappa shape index (κ2) is 7.17. The van der Waals surface area contributed by atoms with E-state index in [0.717, 1.165) is 31.3 Å². The Labute approximate surface area is 123 Å². The lowest BCUT2D eigenvalue weighted by Crippen LogP contribution is -2.44. The third kappa shape index (κ3) is 4.26. The van der Waals surface area contributed by atoms with Gasteiger partial charge in [0.15, 0.2) is 0 Å². The monoisotopic (exact) mass is 293 g/mol. The topological polar surface area (TPSA) is 64.9 Å². The van der Waals surface area contributed by atoms with Crippen LogP contribution in [0.3, 0.4) is 0 Å². The fraction of sp³-hybridized carbons (Fsp3) is 0.467. The Morgan fingerprint density at radius 3 is 3.10 bits per heavy atom. The molecule has 1 aliphatic heterocycles. The van der Waals surface area contributed by atoms with Crippen molar-refractivity contribution in [3.63, 3.8) is 0 Å². The summed E-state index contributed by atoms with van der Waals surface area (Å²) >= 11 is 0. The molecule has 1 aromatic carbocycles. The quantitative estimate of drug-likeness (QED) is 0.491. The minimum absolute atomic E-state index is 0.0543. The van der Waals surface area contributed by atoms with Crippen LogP contribution < -0.4 is 5.32 Å². The zero-order chi connectivity index (χ0) is 15.2. The van der Waals surface area contributed by atoms with Crippen LogP contribution in [0.25, 0.3) is 0 Å². The third-order valence-corrected chi connectivity index (χ3v) is 3.61. The van der Waals surface area contributed by atoms with Gasteiger partial charge in [-0.15, -0.1) is 0 Å². The van der Waals surface area contributed by atoms with Crippen molar-refractivity contribution >= 4 is 12.1 Å². The molecular formula is C15H20FN3O2. The Kier molecular flexibility index (Phi) is 5.27. The van der Waals surface area contributed by atoms with Crippen LogP contribution >= 0.6 is 0 Å². The van der Waals surface area contributed by atoms with Gasteiger partial charge < -0.3 is 10.5 Å². The number of oxime groups is 1. The van der Waals surface area contributed by atoms with E-state index in [1.54, 1.807) is 0 Å². The van der Waals surface area contributed by atoms with Gasteiger partial charge in [0.2, 0.25) is 0 Å². The molecular weight excluding hydrogens is 273 g/mol. The first kappa shape index (κ1) is 15.4. The van der Waals surface area contributed by atoms with Gasteiger partial charge in [-0.3, -0.25) is 9.69 Å². The maximum atomic E-state index is 12.7. The van der Waals surface area contributed by atoms with E-state index in [9.17, 15) is 9.18 Å². The summed E-state index contributed by atoms with van der Waals surface area (Å²) in [5.74, 6) is -0.415. The van der Waals surface area contributed by atoms with Crippen molar-refractivity contribution in [2.24, 2.45) is 5.16 Å². The molecule has 1 aliphatic rings. The summed E-state index contributed by atoms with van der Waals surface area (Å²) in [6.07, 6.45) is 1.77. The molecule has 21 heavy (non-hydrogen) atoms. The first-order valence-corrected chi connectivity index (χ1v) is 6.99. The second-order valence-corrected chi connectivity index (χ2v) is 5.38. The number of nitrogens with zero attached hydrogens (tertiary/aromatic N) is 2. The maximum absolute atomic E-state index is 12.7. The largest absolute Gasteiger partial charge is 0.411 e. The van der Waals surface area contributed by atoms with Gasteiger partial charge in [-0.25, -0.2) is 4.39 Å². The van der Waals surface area contributed by atoms with Crippen molar-refractivity contribution in [3.05, 3.63) is 34.9 Å². The Hall–Kier alpha value is -1.95. The van der Waals surface area contributed by atoms with Gasteiger partial charge in [-0.1, -0.05) is 23.4 Å². The van der Waals surface area contributed by atoms with Crippen LogP contribution in [-0.2, 0) is 24.4 Å². The van der Waals surface area contributed by atoms with E-state index in [-0.39, 0.29) is 6.04 Å². The van der Waals surface area contributed by atoms with Gasteiger partial charge in [-0.05, 0) is 30.0 Å². The number of hydrogen-bond donors (Lipinski definition) is 2. The number of nitrogens with one attached hydrogen (secondary N) is 1. The second-order valence-electron chi connectivity index (χ2n) is 5.38. The van der Waals surface area contributed by atoms with E-state index in [0.29, 0.717) is 12.1 Å². The molecule has 0 aromatic heterocycles. The molecule has 5 nitrogen and oxygen atoms in total. The molecule has 2 N–H and O–H groups in total. The van der Waals surface area contributed by atoms with Crippen molar-refractivity contribution in [1.29, 1.82) is 0 Å². The molecule has 0 bridgehead atoms. The van der Waals surface area contributed by atoms with Crippen LogP contribution in [0.15, 0.2) is 23.4 Å². The number of rotatable bonds is 5. The van der Waals surface area contributed by atoms with Crippen LogP contribution in [0.1, 0.15) is 23.6 Å². The molecule has 2 rings (SSSR count). The van der Waals surface area contributed by atoms with Gasteiger partial charge in [0.05, 0.1) is 0 Å². The molecule has 1 amide bonds. The number of carbonyl (C=O) groups excluding carboxylic acids is 1. The highest BCUT2D eigenvalue weighted by Crippen LogP contribution is 2.21. The van der Waals surface area contributed by atoms with Crippen LogP contribution in [0.4, 0.5) is 4.39 Å². The lowest BCUT2D eigenvalue weighted by Gasteiger charge is -2.31. The summed E-state index contributed by atoms with van der Waals surface area (Å²) in [4.78, 5) is 13.5. The minimum Gasteiger partial charge on any atom is -0.411 e. The molecule has 0 spiro atoms. The molecule has 1 heterocycles. The molecule has 0 aliphatic carbocycles. The molecule has 6 heteroatoms. The Balaban J connectivity index is 1.93. The standard InChI is InChI=1S/C15H20FN3O2/c1-11(18-15(20)8-17-21)9-19-5-4-13-3-2-12(7-16)6-14(13)10-19/h2-3,6,8,11,21H,4-5,7,9-10H2,1H3,(H,18,20)/b17-8-/t11-/m0/s1. The summed E-state index contributed by atoms with van der Waals surface area (Å²) in [6.45, 7) is 3.83. The molecule has 0 saturated carbocycles. The molecule has 0 saturated heterocycles. The van der Waals surface area contributed by atoms with E-state index in [1.165, 1.54) is 5.56 Å². The predicted molar refractivity (Wildman–Crippen MR) is 78.1 cm³/mol. The van der Waals surface area contributed by atoms with Crippen molar-refractivity contribution in [2.45, 2.75) is 32.6 Å². The number of fused-ring (bicyclic) bond motifs is 1. The molecule has 0 unspecified atom stereocenters. The Bertz CT molecular complexity index is 534. The fourth-order valence-electron chi connectivity index (χ4n) is 2.67. The molecule has 0 radical (unpaired) electrons. The Morgan fingerprint density at radius 2 is 2.38 bits per heavy atom. The van der Waals surface area contributed by atoms with E-state index >= 15 is 0 Å². The number of amides is 1. The summed E-state index contributed by atoms with van der Waals surface area (Å²) < 4.78 is 12.7. The predicted octanol–water partition coefficient (Wildman–Crippen LogP) is 1.48. The van der Waals surface area contributed by atoms with Gasteiger partial charge in [-0.2, -0.15) is 0 Å². The highest BCUT2D eigenvalue weighted by Gasteiger charge is 2.18. The lowest BCUT2D eigenvalue weighted by atomic mass is 9.97. The Morgan fingerprint density at radius 1 is 1.57 bits per heavy atom. The van der Waals surface area contributed by atoms with Crippen LogP contribution in [0.5, 0.6) is 0 Å². The SMILES string of the molecule is C[C@@H](CN1CCc2ccc(CF)cc2C1)NC(=O)/C=N\O. The zero-order valence-corrected chi connectivity index (χ0v) is 12.1. The van der Waals surface area contributed by atoms with E-state index in [1.807, 2.05) is 25.1 Å². The smallest absolute Gasteiger partial charge is 0.266 e. The molecule has 1 atom stereocenters. The number of benzene rings is 1. The minimum atomic E-state index is -0.444. The van der Waals surface area contributed by atoms with E-state index in [4.69, 9.17) is 5.21 Å². The zero-order valence-electron chi connectivity index (χ0n) is 12.1. The third-order valence-electron chi connectivity index (χ3n) is 3.61. The number of halogens is 1. The fourth-order valence-corrected chi connectivity index (χ4v) is 2.67. The van der Waals surface area contributed by atoms with Crippen molar-refractivity contribution < 1.29 is 14.4 Å². The van der Waals surface area contributed by atoms with Crippen LogP contribution in [0.2, 0.25) is 0 Å². The van der Waals surface area contributed by atoms with Gasteiger partial charge in [0.25, 0.3) is 5.91 Å². The summed E-state index contributed by atoms with van der Waals surface area (Å²) in [6, 6.07) is 5.71.